The van der Waals surface area contributed by atoms with E-state index in [-0.39, 0.29) is 18.4 Å². The Kier molecular flexibility index (Phi) is 6.24. The highest BCUT2D eigenvalue weighted by molar-refractivity contribution is 5.79. The molecule has 0 radical (unpaired) electrons. The summed E-state index contributed by atoms with van der Waals surface area (Å²) in [6.07, 6.45) is 6.55. The minimum Gasteiger partial charge on any atom is -0.480 e. The standard InChI is InChI=1S/C18H28N4O4/c1-26-11-8-15-19-17(22(20-15)12-16(23)24)13-6-9-21(10-7-13)18(25)14-4-2-3-5-14/h13-14H,2-12H2,1H3,(H,23,24). The zero-order valence-electron chi connectivity index (χ0n) is 15.4. The van der Waals surface area contributed by atoms with Crippen LogP contribution in [0.4, 0.5) is 0 Å². The summed E-state index contributed by atoms with van der Waals surface area (Å²) >= 11 is 0. The number of aromatic nitrogens is 3. The summed E-state index contributed by atoms with van der Waals surface area (Å²) in [5.41, 5.74) is 0. The number of rotatable bonds is 7. The first kappa shape index (κ1) is 18.8. The van der Waals surface area contributed by atoms with Gasteiger partial charge in [-0.05, 0) is 25.7 Å². The van der Waals surface area contributed by atoms with E-state index in [9.17, 15) is 9.59 Å². The molecule has 8 nitrogen and oxygen atoms in total. The highest BCUT2D eigenvalue weighted by Gasteiger charge is 2.32. The van der Waals surface area contributed by atoms with E-state index >= 15 is 0 Å². The monoisotopic (exact) mass is 364 g/mol. The van der Waals surface area contributed by atoms with Gasteiger partial charge in [-0.1, -0.05) is 12.8 Å². The Labute approximate surface area is 153 Å². The number of likely N-dealkylation sites (tertiary alicyclic amines) is 1. The molecule has 0 spiro atoms. The van der Waals surface area contributed by atoms with Gasteiger partial charge >= 0.3 is 5.97 Å². The quantitative estimate of drug-likeness (QED) is 0.786. The molecule has 2 heterocycles. The van der Waals surface area contributed by atoms with Crippen LogP contribution in [0.3, 0.4) is 0 Å². The maximum Gasteiger partial charge on any atom is 0.325 e. The SMILES string of the molecule is COCCc1nc(C2CCN(C(=O)C3CCCC3)CC2)n(CC(=O)O)n1. The summed E-state index contributed by atoms with van der Waals surface area (Å²) in [6.45, 7) is 1.75. The van der Waals surface area contributed by atoms with Crippen LogP contribution in [0.2, 0.25) is 0 Å². The fraction of sp³-hybridized carbons (Fsp3) is 0.778. The van der Waals surface area contributed by atoms with E-state index in [0.717, 1.165) is 44.3 Å². The van der Waals surface area contributed by atoms with Crippen LogP contribution in [0.25, 0.3) is 0 Å². The lowest BCUT2D eigenvalue weighted by Gasteiger charge is -2.33. The molecule has 2 fully saturated rings. The van der Waals surface area contributed by atoms with Crippen LogP contribution in [0, 0.1) is 5.92 Å². The third-order valence-corrected chi connectivity index (χ3v) is 5.44. The normalized spacial score (nSPS) is 19.2. The van der Waals surface area contributed by atoms with Crippen molar-refractivity contribution < 1.29 is 19.4 Å². The molecule has 1 saturated carbocycles. The summed E-state index contributed by atoms with van der Waals surface area (Å²) in [4.78, 5) is 30.3. The molecule has 8 heteroatoms. The van der Waals surface area contributed by atoms with Crippen LogP contribution < -0.4 is 0 Å². The van der Waals surface area contributed by atoms with Gasteiger partial charge in [0.2, 0.25) is 5.91 Å². The first-order chi connectivity index (χ1) is 12.6. The van der Waals surface area contributed by atoms with Crippen molar-refractivity contribution in [3.8, 4) is 0 Å². The summed E-state index contributed by atoms with van der Waals surface area (Å²) in [7, 11) is 1.62. The Morgan fingerprint density at radius 2 is 1.88 bits per heavy atom. The molecule has 1 saturated heterocycles. The molecule has 0 bridgehead atoms. The largest absolute Gasteiger partial charge is 0.480 e. The molecule has 26 heavy (non-hydrogen) atoms. The number of carboxylic acid groups (broad SMARTS) is 1. The van der Waals surface area contributed by atoms with Crippen molar-refractivity contribution in [3.05, 3.63) is 11.6 Å². The minimum absolute atomic E-state index is 0.144. The van der Waals surface area contributed by atoms with E-state index in [2.05, 4.69) is 10.1 Å². The van der Waals surface area contributed by atoms with Crippen LogP contribution in [0.15, 0.2) is 0 Å². The molecule has 3 rings (SSSR count). The molecule has 2 aliphatic rings. The third-order valence-electron chi connectivity index (χ3n) is 5.44. The van der Waals surface area contributed by atoms with E-state index in [1.165, 1.54) is 4.68 Å². The molecular weight excluding hydrogens is 336 g/mol. The zero-order chi connectivity index (χ0) is 18.5. The van der Waals surface area contributed by atoms with E-state index < -0.39 is 5.97 Å². The lowest BCUT2D eigenvalue weighted by Crippen LogP contribution is -2.41. The maximum absolute atomic E-state index is 12.6. The van der Waals surface area contributed by atoms with E-state index in [0.29, 0.717) is 37.8 Å². The Morgan fingerprint density at radius 1 is 1.19 bits per heavy atom. The van der Waals surface area contributed by atoms with Crippen molar-refractivity contribution in [1.29, 1.82) is 0 Å². The first-order valence-electron chi connectivity index (χ1n) is 9.51. The zero-order valence-corrected chi connectivity index (χ0v) is 15.4. The summed E-state index contributed by atoms with van der Waals surface area (Å²) < 4.78 is 6.57. The van der Waals surface area contributed by atoms with Crippen LogP contribution in [0.5, 0.6) is 0 Å². The second-order valence-corrected chi connectivity index (χ2v) is 7.26. The van der Waals surface area contributed by atoms with Crippen molar-refractivity contribution in [1.82, 2.24) is 19.7 Å². The molecule has 144 valence electrons. The Bertz CT molecular complexity index is 631. The van der Waals surface area contributed by atoms with Gasteiger partial charge in [0.05, 0.1) is 6.61 Å². The predicted molar refractivity (Wildman–Crippen MR) is 93.8 cm³/mol. The number of nitrogens with zero attached hydrogens (tertiary/aromatic N) is 4. The molecule has 1 aliphatic carbocycles. The summed E-state index contributed by atoms with van der Waals surface area (Å²) in [5.74, 6) is 1.07. The van der Waals surface area contributed by atoms with Crippen LogP contribution in [-0.4, -0.2) is 63.5 Å². The summed E-state index contributed by atoms with van der Waals surface area (Å²) in [5, 5.41) is 13.5. The number of amides is 1. The number of carbonyl (C=O) groups excluding carboxylic acids is 1. The predicted octanol–water partition coefficient (Wildman–Crippen LogP) is 1.45. The van der Waals surface area contributed by atoms with Gasteiger partial charge in [0.25, 0.3) is 0 Å². The highest BCUT2D eigenvalue weighted by Crippen LogP contribution is 2.31. The Balaban J connectivity index is 1.64. The van der Waals surface area contributed by atoms with E-state index in [1.807, 2.05) is 4.90 Å². The van der Waals surface area contributed by atoms with Gasteiger partial charge in [0.15, 0.2) is 5.82 Å². The van der Waals surface area contributed by atoms with Crippen molar-refractivity contribution in [2.24, 2.45) is 5.92 Å². The number of hydrogen-bond acceptors (Lipinski definition) is 5. The fourth-order valence-electron chi connectivity index (χ4n) is 4.04. The smallest absolute Gasteiger partial charge is 0.325 e. The fourth-order valence-corrected chi connectivity index (χ4v) is 4.04. The van der Waals surface area contributed by atoms with Gasteiger partial charge in [0.1, 0.15) is 12.4 Å². The molecule has 0 atom stereocenters. The van der Waals surface area contributed by atoms with E-state index in [4.69, 9.17) is 9.84 Å². The van der Waals surface area contributed by atoms with Crippen molar-refractivity contribution in [3.63, 3.8) is 0 Å². The Morgan fingerprint density at radius 3 is 2.50 bits per heavy atom. The number of methoxy groups -OCH3 is 1. The number of aliphatic carboxylic acids is 1. The molecule has 1 aliphatic heterocycles. The number of hydrogen-bond donors (Lipinski definition) is 1. The number of piperidine rings is 1. The lowest BCUT2D eigenvalue weighted by atomic mass is 9.94. The van der Waals surface area contributed by atoms with Gasteiger partial charge in [-0.15, -0.1) is 0 Å². The highest BCUT2D eigenvalue weighted by atomic mass is 16.5. The van der Waals surface area contributed by atoms with Gasteiger partial charge < -0.3 is 14.7 Å². The molecule has 0 aromatic carbocycles. The Hall–Kier alpha value is -1.96. The summed E-state index contributed by atoms with van der Waals surface area (Å²) in [6, 6.07) is 0. The number of ether oxygens (including phenoxy) is 1. The topological polar surface area (TPSA) is 97.6 Å². The van der Waals surface area contributed by atoms with Gasteiger partial charge in [-0.25, -0.2) is 9.67 Å². The van der Waals surface area contributed by atoms with E-state index in [1.54, 1.807) is 7.11 Å². The van der Waals surface area contributed by atoms with Crippen molar-refractivity contribution >= 4 is 11.9 Å². The second kappa shape index (κ2) is 8.62. The van der Waals surface area contributed by atoms with Crippen LogP contribution in [-0.2, 0) is 27.3 Å². The minimum atomic E-state index is -0.928. The number of carbonyl (C=O) groups is 2. The molecule has 1 N–H and O–H groups in total. The van der Waals surface area contributed by atoms with Gasteiger partial charge in [-0.3, -0.25) is 9.59 Å². The average molecular weight is 364 g/mol. The van der Waals surface area contributed by atoms with Crippen LogP contribution >= 0.6 is 0 Å². The van der Waals surface area contributed by atoms with Gasteiger partial charge in [-0.2, -0.15) is 5.10 Å². The second-order valence-electron chi connectivity index (χ2n) is 7.26. The van der Waals surface area contributed by atoms with Gasteiger partial charge in [0, 0.05) is 38.5 Å². The third kappa shape index (κ3) is 4.41. The molecule has 1 amide bonds. The first-order valence-corrected chi connectivity index (χ1v) is 9.51. The van der Waals surface area contributed by atoms with Crippen LogP contribution in [0.1, 0.15) is 56.1 Å². The maximum atomic E-state index is 12.6. The average Bonchev–Trinajstić information content (AvgIpc) is 3.29. The molecule has 0 unspecified atom stereocenters. The molecule has 1 aromatic heterocycles. The van der Waals surface area contributed by atoms with Crippen molar-refractivity contribution in [2.45, 2.75) is 57.4 Å². The lowest BCUT2D eigenvalue weighted by molar-refractivity contribution is -0.138. The number of carboxylic acids is 1. The van der Waals surface area contributed by atoms with Crippen molar-refractivity contribution in [2.75, 3.05) is 26.8 Å². The molecular formula is C18H28N4O4. The molecule has 1 aromatic rings.